The third-order valence-corrected chi connectivity index (χ3v) is 2.93. The molecule has 0 aliphatic rings. The van der Waals surface area contributed by atoms with E-state index < -0.39 is 7.32 Å². The second-order valence-corrected chi connectivity index (χ2v) is 5.53. The van der Waals surface area contributed by atoms with Gasteiger partial charge in [-0.05, 0) is 48.5 Å². The van der Waals surface area contributed by atoms with Crippen molar-refractivity contribution >= 4 is 7.32 Å². The highest BCUT2D eigenvalue weighted by atomic mass is 19.1. The largest absolute Gasteiger partial charge is 0.631 e. The van der Waals surface area contributed by atoms with Crippen molar-refractivity contribution < 1.29 is 32.6 Å². The predicted octanol–water partition coefficient (Wildman–Crippen LogP) is 5.25. The van der Waals surface area contributed by atoms with Gasteiger partial charge >= 0.3 is 7.32 Å². The van der Waals surface area contributed by atoms with E-state index in [9.17, 15) is 17.6 Å². The number of hydrogen-bond acceptors (Lipinski definition) is 3. The number of halogens is 4. The molecular formula is C24H23BF4O3. The summed E-state index contributed by atoms with van der Waals surface area (Å²) in [4.78, 5) is 0. The molecule has 0 heterocycles. The van der Waals surface area contributed by atoms with Crippen molar-refractivity contribution in [3.8, 4) is 0 Å². The molecule has 3 N–H and O–H groups in total. The molecule has 0 amide bonds. The molecule has 0 aliphatic carbocycles. The van der Waals surface area contributed by atoms with Crippen LogP contribution in [0, 0.1) is 23.3 Å². The third-order valence-electron chi connectivity index (χ3n) is 2.93. The highest BCUT2D eigenvalue weighted by Gasteiger charge is 1.92. The van der Waals surface area contributed by atoms with Crippen LogP contribution in [-0.4, -0.2) is 22.4 Å². The van der Waals surface area contributed by atoms with Gasteiger partial charge in [0, 0.05) is 0 Å². The molecule has 168 valence electrons. The summed E-state index contributed by atoms with van der Waals surface area (Å²) in [6.45, 7) is 0. The summed E-state index contributed by atoms with van der Waals surface area (Å²) in [7, 11) is -2.17. The lowest BCUT2D eigenvalue weighted by Crippen LogP contribution is -2.07. The molecule has 0 radical (unpaired) electrons. The average molecular weight is 446 g/mol. The van der Waals surface area contributed by atoms with Gasteiger partial charge in [0.2, 0.25) is 0 Å². The van der Waals surface area contributed by atoms with E-state index in [1.165, 1.54) is 48.5 Å². The average Bonchev–Trinajstić information content (AvgIpc) is 2.77. The Morgan fingerprint density at radius 3 is 0.531 bits per heavy atom. The molecule has 0 saturated carbocycles. The minimum Gasteiger partial charge on any atom is -0.402 e. The van der Waals surface area contributed by atoms with E-state index in [2.05, 4.69) is 0 Å². The second kappa shape index (κ2) is 19.5. The maximum absolute atomic E-state index is 11.9. The van der Waals surface area contributed by atoms with Gasteiger partial charge in [-0.1, -0.05) is 72.8 Å². The summed E-state index contributed by atoms with van der Waals surface area (Å²) < 4.78 is 47.6. The zero-order chi connectivity index (χ0) is 24.0. The van der Waals surface area contributed by atoms with E-state index in [1.807, 2.05) is 0 Å². The van der Waals surface area contributed by atoms with Crippen LogP contribution in [0.5, 0.6) is 0 Å². The first-order chi connectivity index (χ1) is 15.3. The third kappa shape index (κ3) is 21.3. The van der Waals surface area contributed by atoms with Crippen molar-refractivity contribution in [2.24, 2.45) is 0 Å². The predicted molar refractivity (Wildman–Crippen MR) is 118 cm³/mol. The summed E-state index contributed by atoms with van der Waals surface area (Å²) in [5, 5.41) is 21.5. The Balaban J connectivity index is 0.000000380. The Morgan fingerprint density at radius 1 is 0.344 bits per heavy atom. The van der Waals surface area contributed by atoms with Gasteiger partial charge in [0.05, 0.1) is 0 Å². The fourth-order valence-electron chi connectivity index (χ4n) is 1.66. The second-order valence-electron chi connectivity index (χ2n) is 5.53. The van der Waals surface area contributed by atoms with Crippen molar-refractivity contribution in [1.82, 2.24) is 0 Å². The van der Waals surface area contributed by atoms with Gasteiger partial charge in [0.25, 0.3) is 0 Å². The molecule has 3 nitrogen and oxygen atoms in total. The van der Waals surface area contributed by atoms with Gasteiger partial charge in [-0.2, -0.15) is 0 Å². The lowest BCUT2D eigenvalue weighted by atomic mass is 10.3. The maximum Gasteiger partial charge on any atom is 0.631 e. The van der Waals surface area contributed by atoms with Gasteiger partial charge in [0.15, 0.2) is 0 Å². The molecule has 0 unspecified atom stereocenters. The van der Waals surface area contributed by atoms with Crippen LogP contribution in [0.2, 0.25) is 0 Å². The van der Waals surface area contributed by atoms with Crippen LogP contribution in [0.15, 0.2) is 121 Å². The van der Waals surface area contributed by atoms with E-state index in [0.29, 0.717) is 0 Å². The molecule has 8 heteroatoms. The smallest absolute Gasteiger partial charge is 0.402 e. The topological polar surface area (TPSA) is 60.7 Å². The minimum atomic E-state index is -2.17. The molecular weight excluding hydrogens is 423 g/mol. The Kier molecular flexibility index (Phi) is 17.4. The number of benzene rings is 4. The van der Waals surface area contributed by atoms with Gasteiger partial charge in [-0.15, -0.1) is 0 Å². The first kappa shape index (κ1) is 28.5. The molecule has 4 rings (SSSR count). The monoisotopic (exact) mass is 446 g/mol. The lowest BCUT2D eigenvalue weighted by molar-refractivity contribution is 0.278. The number of rotatable bonds is 0. The van der Waals surface area contributed by atoms with Crippen LogP contribution in [0.3, 0.4) is 0 Å². The molecule has 0 fully saturated rings. The maximum atomic E-state index is 11.9. The summed E-state index contributed by atoms with van der Waals surface area (Å²) in [5.74, 6) is -0.713. The highest BCUT2D eigenvalue weighted by molar-refractivity contribution is 6.30. The van der Waals surface area contributed by atoms with Crippen molar-refractivity contribution in [2.75, 3.05) is 0 Å². The summed E-state index contributed by atoms with van der Waals surface area (Å²) in [6, 6.07) is 31.8. The Labute approximate surface area is 185 Å². The Morgan fingerprint density at radius 2 is 0.469 bits per heavy atom. The van der Waals surface area contributed by atoms with Gasteiger partial charge in [-0.3, -0.25) is 0 Å². The van der Waals surface area contributed by atoms with Gasteiger partial charge < -0.3 is 15.1 Å². The fourth-order valence-corrected chi connectivity index (χ4v) is 1.66. The highest BCUT2D eigenvalue weighted by Crippen LogP contribution is 1.93. The van der Waals surface area contributed by atoms with Crippen LogP contribution in [0.1, 0.15) is 0 Å². The van der Waals surface area contributed by atoms with E-state index in [4.69, 9.17) is 15.1 Å². The SMILES string of the molecule is Fc1ccccc1.Fc1ccccc1.Fc1ccccc1.Fc1ccccc1.OB(O)O. The quantitative estimate of drug-likeness (QED) is 0.256. The van der Waals surface area contributed by atoms with Crippen LogP contribution < -0.4 is 0 Å². The van der Waals surface area contributed by atoms with Crippen LogP contribution in [0.4, 0.5) is 17.6 Å². The van der Waals surface area contributed by atoms with Crippen molar-refractivity contribution in [3.63, 3.8) is 0 Å². The Bertz CT molecular complexity index is 749. The first-order valence-corrected chi connectivity index (χ1v) is 9.17. The molecule has 4 aromatic rings. The normalized spacial score (nSPS) is 8.47. The summed E-state index contributed by atoms with van der Waals surface area (Å²) in [6.07, 6.45) is 0. The fraction of sp³-hybridized carbons (Fsp3) is 0. The van der Waals surface area contributed by atoms with Crippen molar-refractivity contribution in [1.29, 1.82) is 0 Å². The van der Waals surface area contributed by atoms with E-state index in [1.54, 1.807) is 72.8 Å². The minimum absolute atomic E-state index is 0.178. The zero-order valence-electron chi connectivity index (χ0n) is 17.0. The molecule has 32 heavy (non-hydrogen) atoms. The Hall–Kier alpha value is -3.46. The van der Waals surface area contributed by atoms with Crippen molar-refractivity contribution in [3.05, 3.63) is 145 Å². The van der Waals surface area contributed by atoms with Gasteiger partial charge in [0.1, 0.15) is 23.3 Å². The van der Waals surface area contributed by atoms with E-state index >= 15 is 0 Å². The van der Waals surface area contributed by atoms with Crippen LogP contribution in [-0.2, 0) is 0 Å². The molecule has 0 aliphatic heterocycles. The van der Waals surface area contributed by atoms with Crippen LogP contribution in [0.25, 0.3) is 0 Å². The lowest BCUT2D eigenvalue weighted by Gasteiger charge is -1.78. The number of hydrogen-bond donors (Lipinski definition) is 3. The molecule has 0 spiro atoms. The molecule has 0 bridgehead atoms. The molecule has 4 aromatic carbocycles. The standard InChI is InChI=1S/4C6H5F.BH3O3/c4*7-6-4-2-1-3-5-6;2-1(3)4/h4*1-5H;2-4H. The van der Waals surface area contributed by atoms with Crippen molar-refractivity contribution in [2.45, 2.75) is 0 Å². The van der Waals surface area contributed by atoms with E-state index in [0.717, 1.165) is 0 Å². The van der Waals surface area contributed by atoms with Gasteiger partial charge in [-0.25, -0.2) is 17.6 Å². The summed E-state index contributed by atoms with van der Waals surface area (Å²) in [5.41, 5.74) is 0. The first-order valence-electron chi connectivity index (χ1n) is 9.17. The summed E-state index contributed by atoms with van der Waals surface area (Å²) >= 11 is 0. The zero-order valence-corrected chi connectivity index (χ0v) is 17.0. The molecule has 0 saturated heterocycles. The molecule has 0 atom stereocenters. The van der Waals surface area contributed by atoms with Crippen LogP contribution >= 0.6 is 0 Å². The van der Waals surface area contributed by atoms with E-state index in [-0.39, 0.29) is 23.3 Å². The molecule has 0 aromatic heterocycles.